The van der Waals surface area contributed by atoms with E-state index in [1.165, 1.54) is 12.8 Å². The number of hydrogen-bond donors (Lipinski definition) is 2. The highest BCUT2D eigenvalue weighted by atomic mass is 35.5. The lowest BCUT2D eigenvalue weighted by atomic mass is 10.3. The molecular weight excluding hydrogens is 327 g/mol. The van der Waals surface area contributed by atoms with Crippen molar-refractivity contribution in [2.45, 2.75) is 12.8 Å². The fourth-order valence-electron chi connectivity index (χ4n) is 2.17. The van der Waals surface area contributed by atoms with Gasteiger partial charge in [0.2, 0.25) is 5.91 Å². The molecular formula is C14H24Cl2N4O2. The summed E-state index contributed by atoms with van der Waals surface area (Å²) < 4.78 is 4.89. The van der Waals surface area contributed by atoms with E-state index < -0.39 is 0 Å². The summed E-state index contributed by atoms with van der Waals surface area (Å²) in [6, 6.07) is 3.85. The number of methoxy groups -OCH3 is 1. The minimum Gasteiger partial charge on any atom is -0.383 e. The molecule has 126 valence electrons. The molecule has 2 N–H and O–H groups in total. The number of halogens is 2. The van der Waals surface area contributed by atoms with Gasteiger partial charge in [-0.15, -0.1) is 24.8 Å². The van der Waals surface area contributed by atoms with Crippen LogP contribution in [0.2, 0.25) is 0 Å². The maximum Gasteiger partial charge on any atom is 0.238 e. The SMILES string of the molecule is COCCNCC(=O)Nc1ccc(N2CCCC2)nc1.Cl.Cl. The molecule has 0 aliphatic carbocycles. The van der Waals surface area contributed by atoms with Crippen LogP contribution >= 0.6 is 24.8 Å². The Labute approximate surface area is 143 Å². The zero-order chi connectivity index (χ0) is 14.2. The molecule has 0 radical (unpaired) electrons. The Morgan fingerprint density at radius 3 is 2.64 bits per heavy atom. The Kier molecular flexibility index (Phi) is 10.9. The summed E-state index contributed by atoms with van der Waals surface area (Å²) in [5, 5.41) is 5.81. The van der Waals surface area contributed by atoms with Gasteiger partial charge < -0.3 is 20.3 Å². The minimum absolute atomic E-state index is 0. The molecule has 0 spiro atoms. The summed E-state index contributed by atoms with van der Waals surface area (Å²) >= 11 is 0. The quantitative estimate of drug-likeness (QED) is 0.732. The Bertz CT molecular complexity index is 425. The first-order valence-corrected chi connectivity index (χ1v) is 7.00. The van der Waals surface area contributed by atoms with Gasteiger partial charge in [0, 0.05) is 26.7 Å². The van der Waals surface area contributed by atoms with E-state index in [1.807, 2.05) is 12.1 Å². The van der Waals surface area contributed by atoms with Gasteiger partial charge in [-0.1, -0.05) is 0 Å². The number of anilines is 2. The average molecular weight is 351 g/mol. The van der Waals surface area contributed by atoms with Crippen LogP contribution in [0.5, 0.6) is 0 Å². The van der Waals surface area contributed by atoms with Crippen LogP contribution in [0.3, 0.4) is 0 Å². The molecule has 1 aliphatic heterocycles. The van der Waals surface area contributed by atoms with Gasteiger partial charge in [0.05, 0.1) is 25.0 Å². The Morgan fingerprint density at radius 1 is 1.32 bits per heavy atom. The van der Waals surface area contributed by atoms with Crippen molar-refractivity contribution in [2.75, 3.05) is 50.1 Å². The van der Waals surface area contributed by atoms with Crippen LogP contribution in [0.15, 0.2) is 18.3 Å². The van der Waals surface area contributed by atoms with Crippen LogP contribution in [0.25, 0.3) is 0 Å². The van der Waals surface area contributed by atoms with Crippen LogP contribution in [-0.2, 0) is 9.53 Å². The van der Waals surface area contributed by atoms with Gasteiger partial charge in [-0.05, 0) is 25.0 Å². The van der Waals surface area contributed by atoms with E-state index in [1.54, 1.807) is 13.3 Å². The molecule has 0 unspecified atom stereocenters. The topological polar surface area (TPSA) is 66.5 Å². The van der Waals surface area contributed by atoms with Crippen LogP contribution < -0.4 is 15.5 Å². The Balaban J connectivity index is 0.00000220. The number of amides is 1. The first kappa shape index (κ1) is 20.9. The van der Waals surface area contributed by atoms with Gasteiger partial charge in [0.15, 0.2) is 0 Å². The average Bonchev–Trinajstić information content (AvgIpc) is 2.99. The lowest BCUT2D eigenvalue weighted by Gasteiger charge is -2.16. The molecule has 8 heteroatoms. The van der Waals surface area contributed by atoms with Crippen molar-refractivity contribution in [3.05, 3.63) is 18.3 Å². The highest BCUT2D eigenvalue weighted by Gasteiger charge is 2.13. The molecule has 1 aromatic heterocycles. The Morgan fingerprint density at radius 2 is 2.05 bits per heavy atom. The monoisotopic (exact) mass is 350 g/mol. The van der Waals surface area contributed by atoms with Crippen molar-refractivity contribution in [2.24, 2.45) is 0 Å². The third-order valence-electron chi connectivity index (χ3n) is 3.23. The second kappa shape index (κ2) is 11.5. The summed E-state index contributed by atoms with van der Waals surface area (Å²) in [6.45, 7) is 3.68. The zero-order valence-electron chi connectivity index (χ0n) is 12.7. The van der Waals surface area contributed by atoms with Gasteiger partial charge in [-0.25, -0.2) is 4.98 Å². The fraction of sp³-hybridized carbons (Fsp3) is 0.571. The smallest absolute Gasteiger partial charge is 0.238 e. The molecule has 0 bridgehead atoms. The predicted molar refractivity (Wildman–Crippen MR) is 93.6 cm³/mol. The zero-order valence-corrected chi connectivity index (χ0v) is 14.3. The number of aromatic nitrogens is 1. The number of ether oxygens (including phenoxy) is 1. The molecule has 22 heavy (non-hydrogen) atoms. The minimum atomic E-state index is -0.0724. The van der Waals surface area contributed by atoms with Gasteiger partial charge in [0.1, 0.15) is 5.82 Å². The summed E-state index contributed by atoms with van der Waals surface area (Å²) in [5.74, 6) is 0.913. The van der Waals surface area contributed by atoms with Crippen molar-refractivity contribution >= 4 is 42.2 Å². The third kappa shape index (κ3) is 6.79. The number of nitrogens with one attached hydrogen (secondary N) is 2. The van der Waals surface area contributed by atoms with Crippen molar-refractivity contribution < 1.29 is 9.53 Å². The van der Waals surface area contributed by atoms with Crippen LogP contribution in [-0.4, -0.2) is 50.8 Å². The number of carbonyl (C=O) groups excluding carboxylic acids is 1. The van der Waals surface area contributed by atoms with E-state index in [9.17, 15) is 4.79 Å². The lowest BCUT2D eigenvalue weighted by molar-refractivity contribution is -0.115. The number of carbonyl (C=O) groups is 1. The first-order valence-electron chi connectivity index (χ1n) is 7.00. The molecule has 0 aromatic carbocycles. The van der Waals surface area contributed by atoms with Gasteiger partial charge in [-0.2, -0.15) is 0 Å². The summed E-state index contributed by atoms with van der Waals surface area (Å²) in [4.78, 5) is 18.3. The van der Waals surface area contributed by atoms with Crippen molar-refractivity contribution in [1.82, 2.24) is 10.3 Å². The summed E-state index contributed by atoms with van der Waals surface area (Å²) in [5.41, 5.74) is 0.728. The fourth-order valence-corrected chi connectivity index (χ4v) is 2.17. The number of nitrogens with zero attached hydrogens (tertiary/aromatic N) is 2. The lowest BCUT2D eigenvalue weighted by Crippen LogP contribution is -2.30. The largest absolute Gasteiger partial charge is 0.383 e. The van der Waals surface area contributed by atoms with E-state index in [0.29, 0.717) is 13.2 Å². The predicted octanol–water partition coefficient (Wildman–Crippen LogP) is 1.70. The molecule has 1 aromatic rings. The number of rotatable bonds is 7. The summed E-state index contributed by atoms with van der Waals surface area (Å²) in [7, 11) is 1.63. The molecule has 0 saturated carbocycles. The van der Waals surface area contributed by atoms with Crippen molar-refractivity contribution in [1.29, 1.82) is 0 Å². The highest BCUT2D eigenvalue weighted by Crippen LogP contribution is 2.18. The van der Waals surface area contributed by atoms with Crippen LogP contribution in [0.1, 0.15) is 12.8 Å². The van der Waals surface area contributed by atoms with Crippen molar-refractivity contribution in [3.8, 4) is 0 Å². The van der Waals surface area contributed by atoms with Gasteiger partial charge in [-0.3, -0.25) is 4.79 Å². The molecule has 1 saturated heterocycles. The molecule has 2 heterocycles. The normalized spacial score (nSPS) is 13.2. The standard InChI is InChI=1S/C14H22N4O2.2ClH/c1-20-9-6-15-11-14(19)17-12-4-5-13(16-10-12)18-7-2-3-8-18;;/h4-5,10,15H,2-3,6-9,11H2,1H3,(H,17,19);2*1H. The van der Waals surface area contributed by atoms with E-state index in [4.69, 9.17) is 4.74 Å². The van der Waals surface area contributed by atoms with Crippen LogP contribution in [0, 0.1) is 0 Å². The van der Waals surface area contributed by atoms with Gasteiger partial charge in [0.25, 0.3) is 0 Å². The van der Waals surface area contributed by atoms with Gasteiger partial charge >= 0.3 is 0 Å². The van der Waals surface area contributed by atoms with Crippen molar-refractivity contribution in [3.63, 3.8) is 0 Å². The first-order chi connectivity index (χ1) is 9.79. The molecule has 6 nitrogen and oxygen atoms in total. The maximum atomic E-state index is 11.7. The van der Waals surface area contributed by atoms with E-state index in [2.05, 4.69) is 20.5 Å². The second-order valence-corrected chi connectivity index (χ2v) is 4.82. The maximum absolute atomic E-state index is 11.7. The molecule has 1 aliphatic rings. The highest BCUT2D eigenvalue weighted by molar-refractivity contribution is 5.92. The van der Waals surface area contributed by atoms with E-state index in [0.717, 1.165) is 24.6 Å². The molecule has 2 rings (SSSR count). The summed E-state index contributed by atoms with van der Waals surface area (Å²) in [6.07, 6.45) is 4.17. The number of hydrogen-bond acceptors (Lipinski definition) is 5. The molecule has 0 atom stereocenters. The second-order valence-electron chi connectivity index (χ2n) is 4.82. The number of pyridine rings is 1. The van der Waals surface area contributed by atoms with Crippen LogP contribution in [0.4, 0.5) is 11.5 Å². The molecule has 1 fully saturated rings. The Hall–Kier alpha value is -1.08. The third-order valence-corrected chi connectivity index (χ3v) is 3.23. The van der Waals surface area contributed by atoms with E-state index >= 15 is 0 Å². The molecule has 1 amide bonds. The van der Waals surface area contributed by atoms with E-state index in [-0.39, 0.29) is 37.3 Å².